The van der Waals surface area contributed by atoms with E-state index in [9.17, 15) is 25.2 Å². The number of hydrogen-bond donors (Lipinski definition) is 4. The van der Waals surface area contributed by atoms with Gasteiger partial charge in [-0.15, -0.1) is 5.69 Å². The number of aromatic nitrogens is 1. The largest absolute Gasteiger partial charge is 0.662 e. The lowest BCUT2D eigenvalue weighted by molar-refractivity contribution is 0.197. The van der Waals surface area contributed by atoms with Crippen molar-refractivity contribution < 1.29 is 34.7 Å². The molecular formula is C31H31NO7. The van der Waals surface area contributed by atoms with Crippen LogP contribution in [0.5, 0.6) is 28.7 Å². The molecule has 0 fully saturated rings. The summed E-state index contributed by atoms with van der Waals surface area (Å²) in [5.74, 6) is -0.540. The van der Waals surface area contributed by atoms with Crippen molar-refractivity contribution in [3.63, 3.8) is 0 Å². The lowest BCUT2D eigenvalue weighted by atomic mass is 9.90. The highest BCUT2D eigenvalue weighted by Crippen LogP contribution is 2.52. The summed E-state index contributed by atoms with van der Waals surface area (Å²) >= 11 is 0. The lowest BCUT2D eigenvalue weighted by Crippen LogP contribution is -2.23. The molecule has 202 valence electrons. The molecule has 0 saturated carbocycles. The quantitative estimate of drug-likeness (QED) is 0.243. The van der Waals surface area contributed by atoms with Crippen LogP contribution in [0.4, 0.5) is 0 Å². The van der Waals surface area contributed by atoms with Gasteiger partial charge in [0.1, 0.15) is 24.0 Å². The highest BCUT2D eigenvalue weighted by Gasteiger charge is 2.39. The van der Waals surface area contributed by atoms with E-state index in [1.165, 1.54) is 19.2 Å². The van der Waals surface area contributed by atoms with Crippen LogP contribution in [0, 0.1) is 0 Å². The number of aliphatic hydroxyl groups excluding tert-OH is 1. The molecule has 1 aliphatic rings. The predicted molar refractivity (Wildman–Crippen MR) is 146 cm³/mol. The minimum Gasteiger partial charge on any atom is -0.662 e. The van der Waals surface area contributed by atoms with Crippen molar-refractivity contribution >= 4 is 5.78 Å². The van der Waals surface area contributed by atoms with E-state index in [1.54, 1.807) is 12.1 Å². The molecule has 39 heavy (non-hydrogen) atoms. The first kappa shape index (κ1) is 26.2. The number of rotatable bonds is 8. The number of aryl methyl sites for hydroxylation is 2. The normalized spacial score (nSPS) is 14.6. The third kappa shape index (κ3) is 4.91. The molecule has 1 unspecified atom stereocenters. The Morgan fingerprint density at radius 2 is 1.79 bits per heavy atom. The zero-order chi connectivity index (χ0) is 27.7. The van der Waals surface area contributed by atoms with E-state index in [2.05, 4.69) is 4.98 Å². The van der Waals surface area contributed by atoms with E-state index in [4.69, 9.17) is 9.47 Å². The number of fused-ring (bicyclic) bond motifs is 1. The van der Waals surface area contributed by atoms with Gasteiger partial charge >= 0.3 is 5.78 Å². The Labute approximate surface area is 226 Å². The minimum absolute atomic E-state index is 0.0830. The first-order chi connectivity index (χ1) is 18.8. The standard InChI is InChI=1S/C31H30NO7/c1-3-20-14-23(24(16-33)32-20)19-6-4-5-17(13-19)7-12-22-28(36)31(38-2)29(37)27-25(35)15-26(39-30(22)27)18-8-10-21(34)11-9-18/h4-6,8-11,13-14,26,33-34H,3,7,12,15-16H2,1-2H3,(H2,35,36,37)/q-1/p+1. The molecule has 8 nitrogen and oxygen atoms in total. The van der Waals surface area contributed by atoms with Gasteiger partial charge in [0, 0.05) is 12.2 Å². The Kier molecular flexibility index (Phi) is 7.21. The van der Waals surface area contributed by atoms with E-state index in [1.807, 2.05) is 37.3 Å². The Bertz CT molecular complexity index is 1520. The number of nitrogens with zero attached hydrogens (tertiary/aromatic N) is 1. The van der Waals surface area contributed by atoms with Gasteiger partial charge in [-0.2, -0.15) is 5.69 Å². The van der Waals surface area contributed by atoms with Gasteiger partial charge in [0.2, 0.25) is 5.75 Å². The minimum atomic E-state index is -0.582. The van der Waals surface area contributed by atoms with E-state index in [0.717, 1.165) is 34.4 Å². The van der Waals surface area contributed by atoms with Gasteiger partial charge in [0.15, 0.2) is 17.1 Å². The van der Waals surface area contributed by atoms with Crippen LogP contribution in [0.15, 0.2) is 54.6 Å². The number of aliphatic hydroxyl groups is 1. The van der Waals surface area contributed by atoms with Crippen molar-refractivity contribution in [2.45, 2.75) is 45.3 Å². The maximum Gasteiger partial charge on any atom is 0.335 e. The summed E-state index contributed by atoms with van der Waals surface area (Å²) in [6, 6.07) is 16.4. The Hall–Kier alpha value is -4.43. The average molecular weight is 530 g/mol. The molecule has 5 rings (SSSR count). The van der Waals surface area contributed by atoms with Crippen LogP contribution < -0.4 is 14.5 Å². The number of phenolic OH excluding ortho intramolecular Hbond substituents is 3. The number of carbonyl (C=O) groups excluding carboxylic acids is 1. The van der Waals surface area contributed by atoms with Crippen molar-refractivity contribution in [1.29, 1.82) is 0 Å². The molecule has 1 aliphatic heterocycles. The molecule has 0 saturated heterocycles. The molecular weight excluding hydrogens is 498 g/mol. The topological polar surface area (TPSA) is 135 Å². The van der Waals surface area contributed by atoms with Crippen molar-refractivity contribution in [2.24, 2.45) is 0 Å². The first-order valence-corrected chi connectivity index (χ1v) is 12.9. The molecule has 5 N–H and O–H groups in total. The van der Waals surface area contributed by atoms with Gasteiger partial charge in [-0.3, -0.25) is 4.79 Å². The number of benzene rings is 3. The van der Waals surface area contributed by atoms with Gasteiger partial charge in [-0.1, -0.05) is 55.8 Å². The van der Waals surface area contributed by atoms with Gasteiger partial charge in [-0.05, 0) is 47.2 Å². The van der Waals surface area contributed by atoms with Crippen LogP contribution in [-0.2, 0) is 25.9 Å². The van der Waals surface area contributed by atoms with Crippen molar-refractivity contribution in [3.05, 3.63) is 88.2 Å². The number of phenols is 3. The molecule has 0 amide bonds. The molecule has 4 aromatic rings. The van der Waals surface area contributed by atoms with Gasteiger partial charge in [-0.25, -0.2) is 0 Å². The molecule has 0 aliphatic carbocycles. The third-order valence-corrected chi connectivity index (χ3v) is 7.16. The van der Waals surface area contributed by atoms with Crippen LogP contribution in [0.1, 0.15) is 53.1 Å². The Balaban J connectivity index is 1.50. The summed E-state index contributed by atoms with van der Waals surface area (Å²) in [6.45, 7) is 1.87. The number of ketones is 1. The molecule has 1 aromatic heterocycles. The fraction of sp³-hybridized carbons (Fsp3) is 0.258. The Morgan fingerprint density at radius 3 is 2.49 bits per heavy atom. The second-order valence-corrected chi connectivity index (χ2v) is 9.58. The summed E-state index contributed by atoms with van der Waals surface area (Å²) in [4.78, 5) is 15.4. The van der Waals surface area contributed by atoms with Gasteiger partial charge in [0.05, 0.1) is 7.11 Å². The van der Waals surface area contributed by atoms with E-state index in [0.29, 0.717) is 24.1 Å². The summed E-state index contributed by atoms with van der Waals surface area (Å²) in [6.07, 6.45) is 1.13. The zero-order valence-electron chi connectivity index (χ0n) is 21.8. The van der Waals surface area contributed by atoms with E-state index in [-0.39, 0.29) is 53.1 Å². The maximum absolute atomic E-state index is 11.1. The zero-order valence-corrected chi connectivity index (χ0v) is 21.8. The summed E-state index contributed by atoms with van der Waals surface area (Å²) in [5.41, 5.74) is 5.60. The number of ether oxygens (including phenoxy) is 2. The summed E-state index contributed by atoms with van der Waals surface area (Å²) < 4.78 is 11.6. The van der Waals surface area contributed by atoms with E-state index >= 15 is 0 Å². The molecule has 0 spiro atoms. The summed E-state index contributed by atoms with van der Waals surface area (Å²) in [5, 5.41) is 41.4. The van der Waals surface area contributed by atoms with Crippen LogP contribution in [0.3, 0.4) is 0 Å². The summed E-state index contributed by atoms with van der Waals surface area (Å²) in [7, 11) is 1.34. The monoisotopic (exact) mass is 529 g/mol. The van der Waals surface area contributed by atoms with Gasteiger partial charge < -0.3 is 34.9 Å². The van der Waals surface area contributed by atoms with Crippen LogP contribution >= 0.6 is 0 Å². The van der Waals surface area contributed by atoms with Crippen molar-refractivity contribution in [3.8, 4) is 39.9 Å². The molecule has 3 aromatic carbocycles. The predicted octanol–water partition coefficient (Wildman–Crippen LogP) is 4.69. The third-order valence-electron chi connectivity index (χ3n) is 7.16. The van der Waals surface area contributed by atoms with Crippen molar-refractivity contribution in [2.75, 3.05) is 7.11 Å². The first-order valence-electron chi connectivity index (χ1n) is 12.9. The number of methoxy groups -OCH3 is 1. The number of aromatic hydroxyl groups is 3. The fourth-order valence-electron chi connectivity index (χ4n) is 5.12. The highest BCUT2D eigenvalue weighted by molar-refractivity contribution is 6.05. The smallest absolute Gasteiger partial charge is 0.335 e. The van der Waals surface area contributed by atoms with Crippen molar-refractivity contribution in [1.82, 2.24) is 4.98 Å². The molecule has 1 atom stereocenters. The van der Waals surface area contributed by atoms with Crippen LogP contribution in [0.25, 0.3) is 11.1 Å². The van der Waals surface area contributed by atoms with Crippen LogP contribution in [0.2, 0.25) is 0 Å². The average Bonchev–Trinajstić information content (AvgIpc) is 3.37. The molecule has 8 heteroatoms. The van der Waals surface area contributed by atoms with E-state index < -0.39 is 6.10 Å². The molecule has 0 bridgehead atoms. The number of hydrogen-bond acceptors (Lipinski definition) is 6. The highest BCUT2D eigenvalue weighted by atomic mass is 16.5. The second-order valence-electron chi connectivity index (χ2n) is 9.58. The fourth-order valence-corrected chi connectivity index (χ4v) is 5.12. The lowest BCUT2D eigenvalue weighted by Gasteiger charge is -2.27. The molecule has 2 heterocycles. The van der Waals surface area contributed by atoms with Gasteiger partial charge in [0.25, 0.3) is 0 Å². The van der Waals surface area contributed by atoms with Crippen LogP contribution in [-0.4, -0.2) is 38.1 Å². The molecule has 0 radical (unpaired) electrons. The maximum atomic E-state index is 11.1. The SMILES string of the molecule is CCc1cc(-c2cccc(CCc3c(O)c(OC)c(O)c4c3OC(c3ccc(O)cc3)CC4=[OH+])c2)c(CO)[n-]1. The Morgan fingerprint density at radius 1 is 1.03 bits per heavy atom. The second kappa shape index (κ2) is 10.7.